The van der Waals surface area contributed by atoms with E-state index in [0.29, 0.717) is 12.8 Å². The summed E-state index contributed by atoms with van der Waals surface area (Å²) in [5.41, 5.74) is 5.62. The highest BCUT2D eigenvalue weighted by molar-refractivity contribution is 5.94. The topological polar surface area (TPSA) is 78.6 Å². The molecule has 0 radical (unpaired) electrons. The summed E-state index contributed by atoms with van der Waals surface area (Å²) in [4.78, 5) is 23.2. The van der Waals surface area contributed by atoms with Crippen LogP contribution in [0.25, 0.3) is 0 Å². The fourth-order valence-corrected chi connectivity index (χ4v) is 1.46. The summed E-state index contributed by atoms with van der Waals surface area (Å²) in [5.74, 6) is -1.82. The van der Waals surface area contributed by atoms with Gasteiger partial charge in [-0.1, -0.05) is 6.42 Å². The Morgan fingerprint density at radius 1 is 1.06 bits per heavy atom. The second-order valence-corrected chi connectivity index (χ2v) is 3.96. The van der Waals surface area contributed by atoms with Gasteiger partial charge in [0.15, 0.2) is 5.92 Å². The number of ether oxygens (including phenoxy) is 2. The van der Waals surface area contributed by atoms with Gasteiger partial charge in [0.1, 0.15) is 0 Å². The van der Waals surface area contributed by atoms with E-state index in [9.17, 15) is 9.59 Å². The van der Waals surface area contributed by atoms with Gasteiger partial charge >= 0.3 is 11.9 Å². The van der Waals surface area contributed by atoms with Crippen LogP contribution in [-0.2, 0) is 19.1 Å². The molecule has 0 aliphatic heterocycles. The lowest BCUT2D eigenvalue weighted by molar-refractivity contribution is -0.161. The summed E-state index contributed by atoms with van der Waals surface area (Å²) in [6.45, 7) is 5.85. The molecule has 0 aliphatic carbocycles. The van der Waals surface area contributed by atoms with Crippen molar-refractivity contribution < 1.29 is 19.1 Å². The number of esters is 2. The van der Waals surface area contributed by atoms with Gasteiger partial charge in [-0.25, -0.2) is 0 Å². The van der Waals surface area contributed by atoms with Gasteiger partial charge in [-0.3, -0.25) is 9.59 Å². The molecule has 0 fully saturated rings. The third-order valence-corrected chi connectivity index (χ3v) is 2.29. The average molecular weight is 245 g/mol. The first kappa shape index (κ1) is 15.9. The summed E-state index contributed by atoms with van der Waals surface area (Å²) in [5, 5.41) is 0. The van der Waals surface area contributed by atoms with Crippen molar-refractivity contribution in [2.24, 2.45) is 11.7 Å². The van der Waals surface area contributed by atoms with Crippen molar-refractivity contribution >= 4 is 11.9 Å². The van der Waals surface area contributed by atoms with E-state index in [4.69, 9.17) is 15.2 Å². The van der Waals surface area contributed by atoms with Gasteiger partial charge in [0, 0.05) is 6.04 Å². The molecular weight excluding hydrogens is 222 g/mol. The maximum absolute atomic E-state index is 11.6. The van der Waals surface area contributed by atoms with Crippen LogP contribution in [0.1, 0.15) is 40.0 Å². The van der Waals surface area contributed by atoms with Crippen molar-refractivity contribution in [1.82, 2.24) is 0 Å². The third-order valence-electron chi connectivity index (χ3n) is 2.29. The van der Waals surface area contributed by atoms with Crippen LogP contribution >= 0.6 is 0 Å². The molecule has 0 saturated heterocycles. The van der Waals surface area contributed by atoms with Crippen LogP contribution in [0.3, 0.4) is 0 Å². The van der Waals surface area contributed by atoms with Gasteiger partial charge in [-0.05, 0) is 33.6 Å². The molecular formula is C12H23NO4. The zero-order valence-electron chi connectivity index (χ0n) is 10.9. The first-order valence-corrected chi connectivity index (χ1v) is 6.11. The SMILES string of the molecule is CCOC(=O)C(CCCC(C)N)C(=O)OCC. The van der Waals surface area contributed by atoms with Gasteiger partial charge in [0.05, 0.1) is 13.2 Å². The molecule has 0 bridgehead atoms. The predicted molar refractivity (Wildman–Crippen MR) is 64.3 cm³/mol. The van der Waals surface area contributed by atoms with E-state index in [1.165, 1.54) is 0 Å². The van der Waals surface area contributed by atoms with Gasteiger partial charge in [0.2, 0.25) is 0 Å². The van der Waals surface area contributed by atoms with Crippen molar-refractivity contribution in [2.45, 2.75) is 46.1 Å². The number of carbonyl (C=O) groups excluding carboxylic acids is 2. The third kappa shape index (κ3) is 6.94. The van der Waals surface area contributed by atoms with Crippen LogP contribution in [0, 0.1) is 5.92 Å². The molecule has 5 heteroatoms. The van der Waals surface area contributed by atoms with Crippen LogP contribution in [-0.4, -0.2) is 31.2 Å². The Labute approximate surface area is 103 Å². The van der Waals surface area contributed by atoms with Gasteiger partial charge in [-0.2, -0.15) is 0 Å². The van der Waals surface area contributed by atoms with Crippen LogP contribution in [0.5, 0.6) is 0 Å². The minimum absolute atomic E-state index is 0.0695. The second kappa shape index (κ2) is 8.98. The molecule has 5 nitrogen and oxygen atoms in total. The zero-order chi connectivity index (χ0) is 13.3. The molecule has 100 valence electrons. The summed E-state index contributed by atoms with van der Waals surface area (Å²) < 4.78 is 9.72. The number of hydrogen-bond donors (Lipinski definition) is 1. The van der Waals surface area contributed by atoms with Crippen LogP contribution in [0.2, 0.25) is 0 Å². The predicted octanol–water partition coefficient (Wildman–Crippen LogP) is 1.25. The molecule has 0 aromatic carbocycles. The quantitative estimate of drug-likeness (QED) is 0.514. The molecule has 2 N–H and O–H groups in total. The standard InChI is InChI=1S/C12H23NO4/c1-4-16-11(14)10(12(15)17-5-2)8-6-7-9(3)13/h9-10H,4-8,13H2,1-3H3. The maximum Gasteiger partial charge on any atom is 0.320 e. The van der Waals surface area contributed by atoms with E-state index in [1.54, 1.807) is 13.8 Å². The molecule has 0 saturated carbocycles. The van der Waals surface area contributed by atoms with E-state index < -0.39 is 17.9 Å². The summed E-state index contributed by atoms with van der Waals surface area (Å²) in [6, 6.07) is 0.0695. The largest absolute Gasteiger partial charge is 0.465 e. The summed E-state index contributed by atoms with van der Waals surface area (Å²) in [7, 11) is 0. The smallest absolute Gasteiger partial charge is 0.320 e. The van der Waals surface area contributed by atoms with E-state index >= 15 is 0 Å². The van der Waals surface area contributed by atoms with Crippen LogP contribution in [0.15, 0.2) is 0 Å². The lowest BCUT2D eigenvalue weighted by atomic mass is 10.0. The van der Waals surface area contributed by atoms with Crippen molar-refractivity contribution in [2.75, 3.05) is 13.2 Å². The minimum Gasteiger partial charge on any atom is -0.465 e. The Morgan fingerprint density at radius 3 is 1.88 bits per heavy atom. The van der Waals surface area contributed by atoms with E-state index in [-0.39, 0.29) is 19.3 Å². The Morgan fingerprint density at radius 2 is 1.53 bits per heavy atom. The monoisotopic (exact) mass is 245 g/mol. The van der Waals surface area contributed by atoms with E-state index in [2.05, 4.69) is 0 Å². The molecule has 17 heavy (non-hydrogen) atoms. The highest BCUT2D eigenvalue weighted by Gasteiger charge is 2.28. The molecule has 0 spiro atoms. The Balaban J connectivity index is 4.29. The molecule has 0 aliphatic rings. The number of hydrogen-bond acceptors (Lipinski definition) is 5. The fourth-order valence-electron chi connectivity index (χ4n) is 1.46. The summed E-state index contributed by atoms with van der Waals surface area (Å²) >= 11 is 0. The Kier molecular flexibility index (Phi) is 8.40. The van der Waals surface area contributed by atoms with E-state index in [0.717, 1.165) is 6.42 Å². The van der Waals surface area contributed by atoms with Crippen molar-refractivity contribution in [1.29, 1.82) is 0 Å². The average Bonchev–Trinajstić information content (AvgIpc) is 2.24. The first-order chi connectivity index (χ1) is 8.02. The molecule has 0 aromatic rings. The first-order valence-electron chi connectivity index (χ1n) is 6.11. The lowest BCUT2D eigenvalue weighted by Crippen LogP contribution is -2.28. The summed E-state index contributed by atoms with van der Waals surface area (Å²) in [6.07, 6.45) is 1.91. The van der Waals surface area contributed by atoms with Gasteiger partial charge < -0.3 is 15.2 Å². The highest BCUT2D eigenvalue weighted by Crippen LogP contribution is 2.13. The molecule has 1 atom stereocenters. The molecule has 0 aromatic heterocycles. The maximum atomic E-state index is 11.6. The Hall–Kier alpha value is -1.10. The van der Waals surface area contributed by atoms with Crippen molar-refractivity contribution in [3.8, 4) is 0 Å². The van der Waals surface area contributed by atoms with Crippen molar-refractivity contribution in [3.05, 3.63) is 0 Å². The van der Waals surface area contributed by atoms with Crippen LogP contribution in [0.4, 0.5) is 0 Å². The normalized spacial score (nSPS) is 12.3. The van der Waals surface area contributed by atoms with Gasteiger partial charge in [0.25, 0.3) is 0 Å². The minimum atomic E-state index is -0.811. The highest BCUT2D eigenvalue weighted by atomic mass is 16.6. The molecule has 0 heterocycles. The molecule has 0 amide bonds. The molecule has 0 rings (SSSR count). The van der Waals surface area contributed by atoms with Crippen LogP contribution < -0.4 is 5.73 Å². The van der Waals surface area contributed by atoms with Gasteiger partial charge in [-0.15, -0.1) is 0 Å². The Bertz CT molecular complexity index is 223. The fraction of sp³-hybridized carbons (Fsp3) is 0.833. The second-order valence-electron chi connectivity index (χ2n) is 3.96. The van der Waals surface area contributed by atoms with E-state index in [1.807, 2.05) is 6.92 Å². The van der Waals surface area contributed by atoms with Crippen molar-refractivity contribution in [3.63, 3.8) is 0 Å². The number of rotatable bonds is 8. The molecule has 1 unspecified atom stereocenters. The number of nitrogens with two attached hydrogens (primary N) is 1. The lowest BCUT2D eigenvalue weighted by Gasteiger charge is -2.14. The number of carbonyl (C=O) groups is 2. The zero-order valence-corrected chi connectivity index (χ0v) is 10.9.